The summed E-state index contributed by atoms with van der Waals surface area (Å²) < 4.78 is 33.7. The van der Waals surface area contributed by atoms with Crippen molar-refractivity contribution in [1.29, 1.82) is 0 Å². The Kier molecular flexibility index (Phi) is 17.0. The van der Waals surface area contributed by atoms with Crippen LogP contribution in [0.1, 0.15) is 153 Å². The molecule has 0 saturated carbocycles. The number of unbranched alkanes of at least 4 members (excludes halogenated alkanes) is 18. The van der Waals surface area contributed by atoms with Gasteiger partial charge in [0.05, 0.1) is 4.90 Å². The highest BCUT2D eigenvalue weighted by molar-refractivity contribution is 7.85. The molecule has 0 amide bonds. The average molecular weight is 545 g/mol. The zero-order chi connectivity index (χ0) is 27.5. The number of aryl methyl sites for hydroxylation is 2. The summed E-state index contributed by atoms with van der Waals surface area (Å²) in [5.41, 5.74) is 2.30. The van der Waals surface area contributed by atoms with Gasteiger partial charge in [0.1, 0.15) is 0 Å². The molecule has 4 heteroatoms. The first-order valence-electron chi connectivity index (χ1n) is 16.0. The second-order valence-electron chi connectivity index (χ2n) is 11.5. The molecule has 2 rings (SSSR count). The molecule has 3 nitrogen and oxygen atoms in total. The van der Waals surface area contributed by atoms with E-state index in [1.54, 1.807) is 12.1 Å². The summed E-state index contributed by atoms with van der Waals surface area (Å²) in [6.45, 7) is 4.52. The quantitative estimate of drug-likeness (QED) is 0.112. The molecule has 2 aromatic carbocycles. The standard InChI is InChI=1S/C34H56O3S/c1-3-5-7-9-11-13-15-17-19-21-23-30-25-26-34-31(28-33(38(35,36)37)29-32(34)27-30)24-22-20-18-16-14-12-10-8-6-4-2/h25-29H,3-24H2,1-2H3,(H,35,36,37). The molecule has 0 spiro atoms. The van der Waals surface area contributed by atoms with Crippen LogP contribution >= 0.6 is 0 Å². The molecule has 0 aliphatic heterocycles. The molecule has 1 N–H and O–H groups in total. The smallest absolute Gasteiger partial charge is 0.282 e. The van der Waals surface area contributed by atoms with Crippen molar-refractivity contribution in [2.24, 2.45) is 0 Å². The minimum Gasteiger partial charge on any atom is -0.282 e. The van der Waals surface area contributed by atoms with Gasteiger partial charge in [-0.25, -0.2) is 0 Å². The summed E-state index contributed by atoms with van der Waals surface area (Å²) in [5.74, 6) is 0. The van der Waals surface area contributed by atoms with Crippen LogP contribution < -0.4 is 0 Å². The fraction of sp³-hybridized carbons (Fsp3) is 0.706. The van der Waals surface area contributed by atoms with E-state index in [1.165, 1.54) is 128 Å². The fourth-order valence-electron chi connectivity index (χ4n) is 5.60. The van der Waals surface area contributed by atoms with E-state index in [-0.39, 0.29) is 4.90 Å². The third kappa shape index (κ3) is 13.6. The van der Waals surface area contributed by atoms with Crippen LogP contribution in [-0.4, -0.2) is 13.0 Å². The molecule has 0 bridgehead atoms. The minimum atomic E-state index is -4.22. The van der Waals surface area contributed by atoms with Gasteiger partial charge in [-0.1, -0.05) is 148 Å². The lowest BCUT2D eigenvalue weighted by Gasteiger charge is -2.11. The van der Waals surface area contributed by atoms with Crippen molar-refractivity contribution >= 4 is 20.9 Å². The highest BCUT2D eigenvalue weighted by Gasteiger charge is 2.14. The Balaban J connectivity index is 1.82. The van der Waals surface area contributed by atoms with Gasteiger partial charge in [0.25, 0.3) is 10.1 Å². The van der Waals surface area contributed by atoms with E-state index in [4.69, 9.17) is 0 Å². The molecule has 0 radical (unpaired) electrons. The van der Waals surface area contributed by atoms with E-state index in [2.05, 4.69) is 32.0 Å². The van der Waals surface area contributed by atoms with E-state index < -0.39 is 10.1 Å². The van der Waals surface area contributed by atoms with Crippen LogP contribution in [0.4, 0.5) is 0 Å². The Bertz CT molecular complexity index is 996. The number of hydrogen-bond donors (Lipinski definition) is 1. The summed E-state index contributed by atoms with van der Waals surface area (Å²) in [5, 5.41) is 2.06. The molecule has 0 aliphatic carbocycles. The summed E-state index contributed by atoms with van der Waals surface area (Å²) in [4.78, 5) is 0.0307. The summed E-state index contributed by atoms with van der Waals surface area (Å²) in [6.07, 6.45) is 28.0. The third-order valence-corrected chi connectivity index (χ3v) is 8.82. The normalized spacial score (nSPS) is 12.0. The monoisotopic (exact) mass is 544 g/mol. The van der Waals surface area contributed by atoms with Gasteiger partial charge in [-0.15, -0.1) is 0 Å². The van der Waals surface area contributed by atoms with Gasteiger partial charge in [-0.3, -0.25) is 4.55 Å². The van der Waals surface area contributed by atoms with Gasteiger partial charge in [-0.2, -0.15) is 8.42 Å². The molecule has 216 valence electrons. The highest BCUT2D eigenvalue weighted by Crippen LogP contribution is 2.27. The Morgan fingerprint density at radius 1 is 0.553 bits per heavy atom. The van der Waals surface area contributed by atoms with Crippen molar-refractivity contribution in [1.82, 2.24) is 0 Å². The molecule has 38 heavy (non-hydrogen) atoms. The fourth-order valence-corrected chi connectivity index (χ4v) is 6.17. The lowest BCUT2D eigenvalue weighted by Crippen LogP contribution is -2.01. The predicted molar refractivity (Wildman–Crippen MR) is 165 cm³/mol. The number of hydrogen-bond acceptors (Lipinski definition) is 2. The van der Waals surface area contributed by atoms with Gasteiger partial charge in [0.15, 0.2) is 0 Å². The van der Waals surface area contributed by atoms with E-state index in [9.17, 15) is 13.0 Å². The van der Waals surface area contributed by atoms with Gasteiger partial charge in [-0.05, 0) is 59.7 Å². The molecule has 2 aromatic rings. The van der Waals surface area contributed by atoms with Crippen LogP contribution in [0.25, 0.3) is 10.8 Å². The molecule has 0 aliphatic rings. The number of rotatable bonds is 23. The Labute approximate surface area is 235 Å². The predicted octanol–water partition coefficient (Wildman–Crippen LogP) is 11.0. The van der Waals surface area contributed by atoms with Crippen LogP contribution in [0.3, 0.4) is 0 Å². The van der Waals surface area contributed by atoms with Gasteiger partial charge >= 0.3 is 0 Å². The maximum absolute atomic E-state index is 12.0. The van der Waals surface area contributed by atoms with Gasteiger partial charge in [0.2, 0.25) is 0 Å². The van der Waals surface area contributed by atoms with Crippen LogP contribution in [0.2, 0.25) is 0 Å². The molecule has 0 fully saturated rings. The summed E-state index contributed by atoms with van der Waals surface area (Å²) in [6, 6.07) is 9.85. The van der Waals surface area contributed by atoms with Crippen molar-refractivity contribution in [3.05, 3.63) is 41.5 Å². The zero-order valence-electron chi connectivity index (χ0n) is 24.6. The minimum absolute atomic E-state index is 0.0307. The molecular formula is C34H56O3S. The van der Waals surface area contributed by atoms with Gasteiger partial charge in [0, 0.05) is 0 Å². The zero-order valence-corrected chi connectivity index (χ0v) is 25.4. The molecule has 0 unspecified atom stereocenters. The van der Waals surface area contributed by atoms with Crippen molar-refractivity contribution in [3.8, 4) is 0 Å². The Morgan fingerprint density at radius 2 is 1.00 bits per heavy atom. The summed E-state index contributed by atoms with van der Waals surface area (Å²) in [7, 11) is -4.22. The van der Waals surface area contributed by atoms with Crippen molar-refractivity contribution in [2.75, 3.05) is 0 Å². The lowest BCUT2D eigenvalue weighted by molar-refractivity contribution is 0.483. The molecule has 0 heterocycles. The molecular weight excluding hydrogens is 488 g/mol. The second-order valence-corrected chi connectivity index (χ2v) is 12.9. The van der Waals surface area contributed by atoms with E-state index in [1.807, 2.05) is 0 Å². The van der Waals surface area contributed by atoms with E-state index >= 15 is 0 Å². The number of fused-ring (bicyclic) bond motifs is 1. The van der Waals surface area contributed by atoms with Crippen molar-refractivity contribution in [2.45, 2.75) is 160 Å². The maximum atomic E-state index is 12.0. The Hall–Kier alpha value is -1.39. The van der Waals surface area contributed by atoms with Crippen LogP contribution in [0.15, 0.2) is 35.2 Å². The maximum Gasteiger partial charge on any atom is 0.294 e. The van der Waals surface area contributed by atoms with Crippen LogP contribution in [0.5, 0.6) is 0 Å². The molecule has 0 atom stereocenters. The highest BCUT2D eigenvalue weighted by atomic mass is 32.2. The van der Waals surface area contributed by atoms with Crippen molar-refractivity contribution < 1.29 is 13.0 Å². The van der Waals surface area contributed by atoms with E-state index in [0.29, 0.717) is 0 Å². The first-order chi connectivity index (χ1) is 18.5. The SMILES string of the molecule is CCCCCCCCCCCCc1ccc2c(CCCCCCCCCCCC)cc(S(=O)(=O)O)cc2c1. The third-order valence-electron chi connectivity index (χ3n) is 7.99. The van der Waals surface area contributed by atoms with Crippen molar-refractivity contribution in [3.63, 3.8) is 0 Å². The average Bonchev–Trinajstić information content (AvgIpc) is 2.90. The molecule has 0 aromatic heterocycles. The first-order valence-corrected chi connectivity index (χ1v) is 17.4. The number of benzene rings is 2. The topological polar surface area (TPSA) is 54.4 Å². The second kappa shape index (κ2) is 19.6. The Morgan fingerprint density at radius 3 is 1.47 bits per heavy atom. The molecule has 0 saturated heterocycles. The van der Waals surface area contributed by atoms with Crippen LogP contribution in [0, 0.1) is 0 Å². The van der Waals surface area contributed by atoms with Crippen LogP contribution in [-0.2, 0) is 23.0 Å². The summed E-state index contributed by atoms with van der Waals surface area (Å²) >= 11 is 0. The largest absolute Gasteiger partial charge is 0.294 e. The van der Waals surface area contributed by atoms with Gasteiger partial charge < -0.3 is 0 Å². The lowest BCUT2D eigenvalue weighted by atomic mass is 9.96. The first kappa shape index (κ1) is 32.8. The van der Waals surface area contributed by atoms with E-state index in [0.717, 1.165) is 35.6 Å².